The number of phenols is 1. The van der Waals surface area contributed by atoms with Gasteiger partial charge in [0.05, 0.1) is 29.5 Å². The molecule has 0 saturated heterocycles. The van der Waals surface area contributed by atoms with Crippen molar-refractivity contribution < 1.29 is 40.8 Å². The number of hydrogen-bond acceptors (Lipinski definition) is 5. The van der Waals surface area contributed by atoms with Crippen LogP contribution in [-0.2, 0) is 45.0 Å². The molecule has 0 heterocycles. The van der Waals surface area contributed by atoms with Crippen LogP contribution in [-0.4, -0.2) is 65.6 Å². The molecule has 154 valence electrons. The lowest BCUT2D eigenvalue weighted by molar-refractivity contribution is -0.217. The van der Waals surface area contributed by atoms with E-state index in [2.05, 4.69) is 4.74 Å². The fourth-order valence-corrected chi connectivity index (χ4v) is 3.38. The molecule has 0 aliphatic heterocycles. The molecule has 6 nitrogen and oxygen atoms in total. The van der Waals surface area contributed by atoms with Crippen LogP contribution in [0.1, 0.15) is 29.2 Å². The molecule has 0 aromatic heterocycles. The molecule has 2 N–H and O–H groups in total. The van der Waals surface area contributed by atoms with Crippen molar-refractivity contribution in [1.29, 1.82) is 0 Å². The highest BCUT2D eigenvalue weighted by Gasteiger charge is 2.46. The van der Waals surface area contributed by atoms with Crippen molar-refractivity contribution in [2.24, 2.45) is 5.92 Å². The monoisotopic (exact) mass is 428 g/mol. The van der Waals surface area contributed by atoms with Crippen LogP contribution in [0.3, 0.4) is 0 Å². The number of benzene rings is 1. The third-order valence-corrected chi connectivity index (χ3v) is 4.96. The van der Waals surface area contributed by atoms with Crippen LogP contribution in [0.2, 0.25) is 0 Å². The van der Waals surface area contributed by atoms with E-state index in [1.54, 1.807) is 0 Å². The first-order valence-corrected chi connectivity index (χ1v) is 10.0. The lowest BCUT2D eigenvalue weighted by atomic mass is 9.79. The first-order valence-electron chi connectivity index (χ1n) is 8.43. The van der Waals surface area contributed by atoms with E-state index < -0.39 is 40.0 Å². The van der Waals surface area contributed by atoms with Gasteiger partial charge in [0.2, 0.25) is 6.10 Å². The zero-order chi connectivity index (χ0) is 22.6. The second kappa shape index (κ2) is 9.93. The predicted molar refractivity (Wildman–Crippen MR) is 102 cm³/mol. The first kappa shape index (κ1) is 25.4. The topological polar surface area (TPSA) is 101 Å². The van der Waals surface area contributed by atoms with Gasteiger partial charge in [-0.2, -0.15) is 21.6 Å². The summed E-state index contributed by atoms with van der Waals surface area (Å²) in [5, 5.41) is 10.3. The van der Waals surface area contributed by atoms with Crippen molar-refractivity contribution in [3.05, 3.63) is 28.3 Å². The van der Waals surface area contributed by atoms with Gasteiger partial charge in [-0.1, -0.05) is 37.5 Å². The maximum atomic E-state index is 12.9. The van der Waals surface area contributed by atoms with E-state index in [4.69, 9.17) is 28.1 Å². The molecule has 1 aromatic carbocycles. The highest BCUT2D eigenvalue weighted by atomic mass is 32.2. The van der Waals surface area contributed by atoms with E-state index in [0.717, 1.165) is 0 Å². The minimum absolute atomic E-state index is 0.00734. The number of halogens is 3. The quantitative estimate of drug-likeness (QED) is 0.345. The third kappa shape index (κ3) is 6.99. The first-order chi connectivity index (χ1) is 13.2. The molecule has 0 saturated carbocycles. The van der Waals surface area contributed by atoms with Crippen molar-refractivity contribution in [2.45, 2.75) is 44.6 Å². The van der Waals surface area contributed by atoms with Gasteiger partial charge < -0.3 is 9.84 Å². The van der Waals surface area contributed by atoms with Crippen LogP contribution in [0.15, 0.2) is 6.07 Å². The standard InChI is InChI=1S/C16H18B3F3O6S/c1-8(15(24)28-13(16(20,21)22)7-29(25,26)27)2-11-9(4-17)3-10(5-18)14(23)12(11)6-19/h3,8,13,23H,2,4-7H2,1H3,(H,25,26,27). The van der Waals surface area contributed by atoms with Crippen LogP contribution in [0.5, 0.6) is 5.75 Å². The number of carbonyl (C=O) groups excluding carboxylic acids is 1. The Balaban J connectivity index is 3.15. The lowest BCUT2D eigenvalue weighted by Gasteiger charge is -2.23. The van der Waals surface area contributed by atoms with Gasteiger partial charge in [-0.05, 0) is 23.1 Å². The number of aromatic hydroxyl groups is 1. The Hall–Kier alpha value is -1.62. The Morgan fingerprint density at radius 2 is 1.69 bits per heavy atom. The summed E-state index contributed by atoms with van der Waals surface area (Å²) in [6.07, 6.45) is -8.55. The number of alkyl halides is 3. The number of rotatable bonds is 9. The van der Waals surface area contributed by atoms with Gasteiger partial charge in [0.1, 0.15) is 11.5 Å². The summed E-state index contributed by atoms with van der Waals surface area (Å²) in [6, 6.07) is 1.51. The van der Waals surface area contributed by atoms with Crippen LogP contribution in [0, 0.1) is 5.92 Å². The van der Waals surface area contributed by atoms with Crippen molar-refractivity contribution in [3.63, 3.8) is 0 Å². The predicted octanol–water partition coefficient (Wildman–Crippen LogP) is 0.938. The van der Waals surface area contributed by atoms with Gasteiger partial charge in [0, 0.05) is 0 Å². The molecule has 2 unspecified atom stereocenters. The maximum absolute atomic E-state index is 12.9. The molecule has 2 atom stereocenters. The molecule has 0 bridgehead atoms. The highest BCUT2D eigenvalue weighted by molar-refractivity contribution is 7.85. The van der Waals surface area contributed by atoms with Crippen molar-refractivity contribution in [2.75, 3.05) is 5.75 Å². The second-order valence-corrected chi connectivity index (χ2v) is 7.93. The molecule has 29 heavy (non-hydrogen) atoms. The van der Waals surface area contributed by atoms with E-state index in [0.29, 0.717) is 16.7 Å². The molecular weight excluding hydrogens is 410 g/mol. The van der Waals surface area contributed by atoms with E-state index in [1.807, 2.05) is 0 Å². The van der Waals surface area contributed by atoms with Gasteiger partial charge in [0.25, 0.3) is 10.1 Å². The Morgan fingerprint density at radius 3 is 2.10 bits per heavy atom. The average Bonchev–Trinajstić information content (AvgIpc) is 2.59. The second-order valence-electron chi connectivity index (χ2n) is 6.43. The summed E-state index contributed by atoms with van der Waals surface area (Å²) >= 11 is 0. The molecule has 6 radical (unpaired) electrons. The Kier molecular flexibility index (Phi) is 8.70. The maximum Gasteiger partial charge on any atom is 0.426 e. The van der Waals surface area contributed by atoms with Crippen molar-refractivity contribution in [1.82, 2.24) is 0 Å². The number of esters is 1. The molecular formula is C16H18B3F3O6S. The van der Waals surface area contributed by atoms with Crippen LogP contribution in [0.4, 0.5) is 13.2 Å². The van der Waals surface area contributed by atoms with Gasteiger partial charge in [-0.3, -0.25) is 9.35 Å². The Labute approximate surface area is 171 Å². The largest absolute Gasteiger partial charge is 0.507 e. The van der Waals surface area contributed by atoms with E-state index >= 15 is 0 Å². The van der Waals surface area contributed by atoms with Gasteiger partial charge in [0.15, 0.2) is 0 Å². The number of ether oxygens (including phenoxy) is 1. The lowest BCUT2D eigenvalue weighted by Crippen LogP contribution is -2.40. The molecule has 0 fully saturated rings. The van der Waals surface area contributed by atoms with Crippen LogP contribution >= 0.6 is 0 Å². The van der Waals surface area contributed by atoms with Crippen LogP contribution in [0.25, 0.3) is 0 Å². The fraction of sp³-hybridized carbons (Fsp3) is 0.562. The van der Waals surface area contributed by atoms with Crippen LogP contribution < -0.4 is 0 Å². The number of hydrogen-bond donors (Lipinski definition) is 2. The van der Waals surface area contributed by atoms with E-state index in [9.17, 15) is 31.5 Å². The number of carbonyl (C=O) groups is 1. The van der Waals surface area contributed by atoms with Crippen molar-refractivity contribution >= 4 is 39.6 Å². The molecule has 0 aliphatic carbocycles. The fourth-order valence-electron chi connectivity index (χ4n) is 2.74. The summed E-state index contributed by atoms with van der Waals surface area (Å²) < 4.78 is 73.4. The van der Waals surface area contributed by atoms with E-state index in [-0.39, 0.29) is 36.7 Å². The molecule has 0 aliphatic rings. The zero-order valence-corrected chi connectivity index (χ0v) is 16.4. The molecule has 1 aromatic rings. The minimum atomic E-state index is -5.20. The number of phenolic OH excluding ortho intramolecular Hbond substituents is 1. The van der Waals surface area contributed by atoms with E-state index in [1.165, 1.54) is 13.0 Å². The van der Waals surface area contributed by atoms with Gasteiger partial charge >= 0.3 is 12.1 Å². The summed E-state index contributed by atoms with van der Waals surface area (Å²) in [6.45, 7) is 1.26. The minimum Gasteiger partial charge on any atom is -0.507 e. The smallest absolute Gasteiger partial charge is 0.426 e. The molecule has 13 heteroatoms. The van der Waals surface area contributed by atoms with Gasteiger partial charge in [-0.25, -0.2) is 0 Å². The highest BCUT2D eigenvalue weighted by Crippen LogP contribution is 2.32. The summed E-state index contributed by atoms with van der Waals surface area (Å²) in [5.41, 5.74) is 1.48. The van der Waals surface area contributed by atoms with Gasteiger partial charge in [-0.15, -0.1) is 0 Å². The summed E-state index contributed by atoms with van der Waals surface area (Å²) in [4.78, 5) is 12.2. The molecule has 0 amide bonds. The summed E-state index contributed by atoms with van der Waals surface area (Å²) in [7, 11) is 11.8. The molecule has 1 rings (SSSR count). The third-order valence-electron chi connectivity index (χ3n) is 4.23. The zero-order valence-electron chi connectivity index (χ0n) is 15.6. The Bertz CT molecular complexity index is 845. The SMILES string of the molecule is [B]Cc1cc(C[B])c(CC(C)C(=O)OC(CS(=O)(=O)O)C(F)(F)F)c(C[B])c1O. The van der Waals surface area contributed by atoms with Crippen molar-refractivity contribution in [3.8, 4) is 5.75 Å². The average molecular weight is 428 g/mol. The molecule has 0 spiro atoms. The normalized spacial score (nSPS) is 14.4. The Morgan fingerprint density at radius 1 is 1.14 bits per heavy atom. The summed E-state index contributed by atoms with van der Waals surface area (Å²) in [5.74, 6) is -4.52.